The van der Waals surface area contributed by atoms with E-state index >= 15 is 0 Å². The molecule has 204 valence electrons. The highest BCUT2D eigenvalue weighted by Gasteiger charge is 2.19. The van der Waals surface area contributed by atoms with Crippen molar-refractivity contribution in [2.45, 2.75) is 12.5 Å². The van der Waals surface area contributed by atoms with Crippen LogP contribution in [0, 0.1) is 0 Å². The predicted molar refractivity (Wildman–Crippen MR) is 158 cm³/mol. The van der Waals surface area contributed by atoms with Crippen LogP contribution < -0.4 is 25.8 Å². The van der Waals surface area contributed by atoms with E-state index in [1.165, 1.54) is 5.56 Å². The Morgan fingerprint density at radius 3 is 2.60 bits per heavy atom. The summed E-state index contributed by atoms with van der Waals surface area (Å²) in [6.07, 6.45) is 5.95. The summed E-state index contributed by atoms with van der Waals surface area (Å²) >= 11 is 0. The van der Waals surface area contributed by atoms with E-state index < -0.39 is 0 Å². The minimum atomic E-state index is -0.142. The van der Waals surface area contributed by atoms with Crippen molar-refractivity contribution in [2.75, 3.05) is 50.7 Å². The number of nitrogens with two attached hydrogens (primary N) is 2. The Hall–Kier alpha value is -4.47. The first-order chi connectivity index (χ1) is 19.6. The summed E-state index contributed by atoms with van der Waals surface area (Å²) < 4.78 is 17.3. The molecule has 1 atom stereocenters. The highest BCUT2D eigenvalue weighted by Crippen LogP contribution is 2.38. The standard InChI is InChI=1S/C31H32N6O3/c1-38-30-14-25-24-13-27(21-12-23(17-34-16-21)40-19-22(32)11-20-5-3-2-4-6-20)36-31(33)26(24)18-35-28(25)15-29(30)37-7-9-39-10-8-37/h2-6,12-18,22H,7-11,19,32H2,1H3,(H2,33,36)/t22-/m0/s1. The van der Waals surface area contributed by atoms with E-state index in [4.69, 9.17) is 30.7 Å². The molecule has 1 saturated heterocycles. The Balaban J connectivity index is 1.31. The molecule has 0 unspecified atom stereocenters. The SMILES string of the molecule is COc1cc2c(cc1N1CCOCC1)ncc1c(N)nc(-c3cncc(OC[C@@H](N)Cc4ccccc4)c3)cc12. The number of morpholine rings is 1. The molecule has 0 saturated carbocycles. The van der Waals surface area contributed by atoms with Crippen LogP contribution in [-0.2, 0) is 11.2 Å². The fraction of sp³-hybridized carbons (Fsp3) is 0.258. The number of benzene rings is 2. The van der Waals surface area contributed by atoms with Gasteiger partial charge in [-0.2, -0.15) is 0 Å². The lowest BCUT2D eigenvalue weighted by Crippen LogP contribution is -2.36. The zero-order valence-corrected chi connectivity index (χ0v) is 22.4. The third kappa shape index (κ3) is 5.34. The van der Waals surface area contributed by atoms with Crippen LogP contribution in [0.5, 0.6) is 11.5 Å². The molecule has 0 bridgehead atoms. The molecule has 9 nitrogen and oxygen atoms in total. The van der Waals surface area contributed by atoms with Gasteiger partial charge in [-0.3, -0.25) is 9.97 Å². The molecule has 0 aliphatic carbocycles. The summed E-state index contributed by atoms with van der Waals surface area (Å²) in [7, 11) is 1.69. The molecule has 0 spiro atoms. The highest BCUT2D eigenvalue weighted by atomic mass is 16.5. The van der Waals surface area contributed by atoms with Crippen molar-refractivity contribution in [3.63, 3.8) is 0 Å². The fourth-order valence-electron chi connectivity index (χ4n) is 5.13. The van der Waals surface area contributed by atoms with Crippen molar-refractivity contribution in [3.05, 3.63) is 78.8 Å². The molecule has 4 heterocycles. The van der Waals surface area contributed by atoms with E-state index in [1.54, 1.807) is 25.7 Å². The van der Waals surface area contributed by atoms with Gasteiger partial charge < -0.3 is 30.6 Å². The number of nitrogens with zero attached hydrogens (tertiary/aromatic N) is 4. The fourth-order valence-corrected chi connectivity index (χ4v) is 5.13. The van der Waals surface area contributed by atoms with Crippen molar-refractivity contribution in [1.82, 2.24) is 15.0 Å². The Morgan fingerprint density at radius 1 is 0.975 bits per heavy atom. The highest BCUT2D eigenvalue weighted by molar-refractivity contribution is 6.11. The molecule has 0 radical (unpaired) electrons. The van der Waals surface area contributed by atoms with Gasteiger partial charge >= 0.3 is 0 Å². The molecule has 1 aliphatic heterocycles. The van der Waals surface area contributed by atoms with Gasteiger partial charge in [0.15, 0.2) is 0 Å². The van der Waals surface area contributed by atoms with Crippen molar-refractivity contribution in [1.29, 1.82) is 0 Å². The molecule has 1 aliphatic rings. The second-order valence-electron chi connectivity index (χ2n) is 9.92. The first kappa shape index (κ1) is 25.8. The van der Waals surface area contributed by atoms with Crippen molar-refractivity contribution in [3.8, 4) is 22.8 Å². The maximum Gasteiger partial charge on any atom is 0.142 e. The summed E-state index contributed by atoms with van der Waals surface area (Å²) in [5, 5.41) is 2.66. The molecule has 1 fully saturated rings. The Bertz CT molecular complexity index is 1640. The van der Waals surface area contributed by atoms with Crippen LogP contribution in [0.25, 0.3) is 32.9 Å². The average Bonchev–Trinajstić information content (AvgIpc) is 3.00. The monoisotopic (exact) mass is 536 g/mol. The van der Waals surface area contributed by atoms with Gasteiger partial charge in [0.1, 0.15) is 23.9 Å². The van der Waals surface area contributed by atoms with Gasteiger partial charge in [-0.05, 0) is 41.6 Å². The number of aromatic nitrogens is 3. The van der Waals surface area contributed by atoms with Crippen LogP contribution in [-0.4, -0.2) is 61.0 Å². The number of rotatable bonds is 8. The van der Waals surface area contributed by atoms with Crippen LogP contribution in [0.3, 0.4) is 0 Å². The Labute approximate surface area is 232 Å². The molecular weight excluding hydrogens is 504 g/mol. The van der Waals surface area contributed by atoms with Gasteiger partial charge in [-0.25, -0.2) is 4.98 Å². The van der Waals surface area contributed by atoms with Gasteiger partial charge in [0.05, 0.1) is 43.4 Å². The summed E-state index contributed by atoms with van der Waals surface area (Å²) in [5.74, 6) is 1.80. The molecular formula is C31H32N6O3. The lowest BCUT2D eigenvalue weighted by atomic mass is 10.0. The van der Waals surface area contributed by atoms with Gasteiger partial charge in [-0.15, -0.1) is 0 Å². The molecule has 9 heteroatoms. The lowest BCUT2D eigenvalue weighted by molar-refractivity contribution is 0.122. The number of nitrogen functional groups attached to an aromatic ring is 1. The summed E-state index contributed by atoms with van der Waals surface area (Å²) in [6.45, 7) is 3.36. The van der Waals surface area contributed by atoms with Crippen LogP contribution in [0.15, 0.2) is 73.2 Å². The number of fused-ring (bicyclic) bond motifs is 3. The van der Waals surface area contributed by atoms with Crippen LogP contribution in [0.4, 0.5) is 11.5 Å². The predicted octanol–water partition coefficient (Wildman–Crippen LogP) is 4.22. The van der Waals surface area contributed by atoms with Gasteiger partial charge in [0, 0.05) is 47.9 Å². The smallest absolute Gasteiger partial charge is 0.142 e. The Morgan fingerprint density at radius 2 is 1.80 bits per heavy atom. The number of ether oxygens (including phenoxy) is 3. The van der Waals surface area contributed by atoms with Gasteiger partial charge in [-0.1, -0.05) is 30.3 Å². The summed E-state index contributed by atoms with van der Waals surface area (Å²) in [4.78, 5) is 16.0. The second-order valence-corrected chi connectivity index (χ2v) is 9.92. The Kier molecular flexibility index (Phi) is 7.31. The number of anilines is 2. The topological polar surface area (TPSA) is 122 Å². The number of hydrogen-bond acceptors (Lipinski definition) is 9. The third-order valence-corrected chi connectivity index (χ3v) is 7.17. The maximum absolute atomic E-state index is 6.44. The molecule has 40 heavy (non-hydrogen) atoms. The van der Waals surface area contributed by atoms with Crippen molar-refractivity contribution in [2.24, 2.45) is 5.73 Å². The van der Waals surface area contributed by atoms with Crippen LogP contribution in [0.2, 0.25) is 0 Å². The van der Waals surface area contributed by atoms with E-state index in [0.717, 1.165) is 58.2 Å². The molecule has 3 aromatic heterocycles. The number of methoxy groups -OCH3 is 1. The molecule has 2 aromatic carbocycles. The molecule has 0 amide bonds. The van der Waals surface area contributed by atoms with Crippen molar-refractivity contribution < 1.29 is 14.2 Å². The summed E-state index contributed by atoms with van der Waals surface area (Å²) in [5.41, 5.74) is 17.3. The van der Waals surface area contributed by atoms with Crippen molar-refractivity contribution >= 4 is 33.2 Å². The molecule has 4 N–H and O–H groups in total. The second kappa shape index (κ2) is 11.3. The van der Waals surface area contributed by atoms with E-state index in [2.05, 4.69) is 33.1 Å². The van der Waals surface area contributed by atoms with Gasteiger partial charge in [0.25, 0.3) is 0 Å². The maximum atomic E-state index is 6.44. The first-order valence-electron chi connectivity index (χ1n) is 13.4. The third-order valence-electron chi connectivity index (χ3n) is 7.17. The van der Waals surface area contributed by atoms with E-state index in [9.17, 15) is 0 Å². The average molecular weight is 537 g/mol. The number of hydrogen-bond donors (Lipinski definition) is 2. The van der Waals surface area contributed by atoms with Gasteiger partial charge in [0.2, 0.25) is 0 Å². The number of pyridine rings is 3. The van der Waals surface area contributed by atoms with E-state index in [0.29, 0.717) is 37.1 Å². The summed E-state index contributed by atoms with van der Waals surface area (Å²) in [6, 6.07) is 18.0. The molecule has 5 aromatic rings. The lowest BCUT2D eigenvalue weighted by Gasteiger charge is -2.30. The largest absolute Gasteiger partial charge is 0.495 e. The normalized spacial score (nSPS) is 14.4. The first-order valence-corrected chi connectivity index (χ1v) is 13.4. The zero-order valence-electron chi connectivity index (χ0n) is 22.4. The minimum Gasteiger partial charge on any atom is -0.495 e. The van der Waals surface area contributed by atoms with Crippen LogP contribution in [0.1, 0.15) is 5.56 Å². The molecule has 6 rings (SSSR count). The van der Waals surface area contributed by atoms with Crippen LogP contribution >= 0.6 is 0 Å². The zero-order chi connectivity index (χ0) is 27.5. The van der Waals surface area contributed by atoms with E-state index in [1.807, 2.05) is 36.4 Å². The quantitative estimate of drug-likeness (QED) is 0.281. The van der Waals surface area contributed by atoms with E-state index in [-0.39, 0.29) is 6.04 Å². The minimum absolute atomic E-state index is 0.142.